The largest absolute Gasteiger partial charge is 0.436 e. The second-order valence-electron chi connectivity index (χ2n) is 3.44. The van der Waals surface area contributed by atoms with Crippen LogP contribution < -0.4 is 0 Å². The number of ketones is 1. The topological polar surface area (TPSA) is 128 Å². The lowest BCUT2D eigenvalue weighted by Crippen LogP contribution is -2.27. The average molecular weight is 243 g/mol. The summed E-state index contributed by atoms with van der Waals surface area (Å²) in [6, 6.07) is 0. The Morgan fingerprint density at radius 2 is 2.35 bits per heavy atom. The third-order valence-electron chi connectivity index (χ3n) is 2.43. The maximum Gasteiger partial charge on any atom is 0.436 e. The summed E-state index contributed by atoms with van der Waals surface area (Å²) < 4.78 is 5.98. The number of nitro groups is 1. The van der Waals surface area contributed by atoms with Crippen LogP contribution in [-0.4, -0.2) is 49.3 Å². The molecule has 3 atom stereocenters. The van der Waals surface area contributed by atoms with E-state index < -0.39 is 41.7 Å². The number of Topliss-reactive ketones (excluding diaryl/α,β-unsaturated/α-hetero) is 1. The van der Waals surface area contributed by atoms with Crippen LogP contribution in [0.25, 0.3) is 0 Å². The zero-order valence-corrected chi connectivity index (χ0v) is 8.46. The second kappa shape index (κ2) is 4.20. The zero-order chi connectivity index (χ0) is 12.6. The Balaban J connectivity index is 2.32. The number of carbonyl (C=O) groups is 1. The lowest BCUT2D eigenvalue weighted by Gasteiger charge is -2.11. The molecule has 0 aliphatic carbocycles. The van der Waals surface area contributed by atoms with E-state index in [-0.39, 0.29) is 0 Å². The molecule has 1 fully saturated rings. The molecule has 0 bridgehead atoms. The summed E-state index contributed by atoms with van der Waals surface area (Å²) in [4.78, 5) is 24.7. The van der Waals surface area contributed by atoms with Crippen LogP contribution in [0.2, 0.25) is 0 Å². The van der Waals surface area contributed by atoms with Crippen molar-refractivity contribution in [2.24, 2.45) is 0 Å². The van der Waals surface area contributed by atoms with Crippen molar-refractivity contribution in [3.05, 3.63) is 22.5 Å². The highest BCUT2D eigenvalue weighted by atomic mass is 16.6. The van der Waals surface area contributed by atoms with Crippen molar-refractivity contribution in [2.45, 2.75) is 18.4 Å². The van der Waals surface area contributed by atoms with Gasteiger partial charge in [0.1, 0.15) is 18.5 Å². The summed E-state index contributed by atoms with van der Waals surface area (Å²) in [7, 11) is 0. The fraction of sp³-hybridized carbons (Fsp3) is 0.500. The van der Waals surface area contributed by atoms with Crippen molar-refractivity contribution < 1.29 is 24.7 Å². The highest BCUT2D eigenvalue weighted by Crippen LogP contribution is 2.28. The molecule has 2 N–H and O–H groups in total. The van der Waals surface area contributed by atoms with E-state index in [0.29, 0.717) is 0 Å². The van der Waals surface area contributed by atoms with Gasteiger partial charge in [-0.25, -0.2) is 0 Å². The smallest absolute Gasteiger partial charge is 0.393 e. The molecule has 17 heavy (non-hydrogen) atoms. The number of aliphatic hydroxyl groups excluding tert-OH is 2. The summed E-state index contributed by atoms with van der Waals surface area (Å²) in [5, 5.41) is 29.0. The highest BCUT2D eigenvalue weighted by Gasteiger charge is 2.46. The van der Waals surface area contributed by atoms with Crippen molar-refractivity contribution in [1.29, 1.82) is 0 Å². The number of rotatable bonds is 3. The molecular weight excluding hydrogens is 234 g/mol. The van der Waals surface area contributed by atoms with Crippen LogP contribution in [0.5, 0.6) is 0 Å². The molecule has 2 rings (SSSR count). The van der Waals surface area contributed by atoms with Gasteiger partial charge in [-0.2, -0.15) is 4.57 Å². The molecule has 1 aromatic rings. The number of aliphatic hydroxyl groups is 2. The van der Waals surface area contributed by atoms with Gasteiger partial charge in [0.2, 0.25) is 6.23 Å². The van der Waals surface area contributed by atoms with Gasteiger partial charge < -0.3 is 25.1 Å². The fourth-order valence-electron chi connectivity index (χ4n) is 1.64. The molecule has 1 unspecified atom stereocenters. The van der Waals surface area contributed by atoms with Crippen molar-refractivity contribution in [3.8, 4) is 0 Å². The van der Waals surface area contributed by atoms with Crippen LogP contribution in [0.3, 0.4) is 0 Å². The summed E-state index contributed by atoms with van der Waals surface area (Å²) in [6.07, 6.45) is -1.58. The van der Waals surface area contributed by atoms with E-state index in [1.54, 1.807) is 0 Å². The van der Waals surface area contributed by atoms with Gasteiger partial charge >= 0.3 is 5.95 Å². The molecule has 9 nitrogen and oxygen atoms in total. The lowest BCUT2D eigenvalue weighted by atomic mass is 10.2. The van der Waals surface area contributed by atoms with Gasteiger partial charge in [-0.3, -0.25) is 4.79 Å². The van der Waals surface area contributed by atoms with Gasteiger partial charge in [0.05, 0.1) is 6.61 Å². The minimum absolute atomic E-state index is 0.541. The zero-order valence-electron chi connectivity index (χ0n) is 8.46. The van der Waals surface area contributed by atoms with Gasteiger partial charge in [0.25, 0.3) is 0 Å². The Hall–Kier alpha value is -1.84. The molecule has 1 saturated heterocycles. The van der Waals surface area contributed by atoms with Crippen LogP contribution in [-0.2, 0) is 9.53 Å². The predicted molar refractivity (Wildman–Crippen MR) is 50.9 cm³/mol. The first-order chi connectivity index (χ1) is 8.06. The molecule has 0 spiro atoms. The molecule has 0 amide bonds. The van der Waals surface area contributed by atoms with Gasteiger partial charge in [-0.05, 0) is 4.92 Å². The Kier molecular flexibility index (Phi) is 2.88. The van der Waals surface area contributed by atoms with Gasteiger partial charge in [-0.15, -0.1) is 0 Å². The molecule has 1 aromatic heterocycles. The Labute approximate surface area is 94.4 Å². The number of hydrogen-bond donors (Lipinski definition) is 2. The van der Waals surface area contributed by atoms with Crippen LogP contribution in [0.4, 0.5) is 5.95 Å². The molecule has 2 heterocycles. The minimum Gasteiger partial charge on any atom is -0.393 e. The van der Waals surface area contributed by atoms with Crippen LogP contribution in [0.1, 0.15) is 6.23 Å². The van der Waals surface area contributed by atoms with Gasteiger partial charge in [0, 0.05) is 0 Å². The summed E-state index contributed by atoms with van der Waals surface area (Å²) in [5.41, 5.74) is 0. The lowest BCUT2D eigenvalue weighted by molar-refractivity contribution is -0.398. The molecule has 92 valence electrons. The summed E-state index contributed by atoms with van der Waals surface area (Å²) in [5.74, 6) is -1.25. The maximum absolute atomic E-state index is 11.4. The highest BCUT2D eigenvalue weighted by molar-refractivity contribution is 5.89. The van der Waals surface area contributed by atoms with E-state index in [1.807, 2.05) is 0 Å². The first kappa shape index (κ1) is 11.6. The third-order valence-corrected chi connectivity index (χ3v) is 2.43. The number of hydrogen-bond acceptors (Lipinski definition) is 7. The van der Waals surface area contributed by atoms with E-state index in [4.69, 9.17) is 9.84 Å². The normalized spacial score (nSPS) is 28.6. The number of aromatic nitrogens is 2. The first-order valence-corrected chi connectivity index (χ1v) is 4.71. The quantitative estimate of drug-likeness (QED) is 0.494. The van der Waals surface area contributed by atoms with E-state index >= 15 is 0 Å². The van der Waals surface area contributed by atoms with E-state index in [9.17, 15) is 20.0 Å². The minimum atomic E-state index is -1.56. The molecule has 9 heteroatoms. The Morgan fingerprint density at radius 1 is 1.65 bits per heavy atom. The van der Waals surface area contributed by atoms with Crippen LogP contribution in [0.15, 0.2) is 12.4 Å². The standard InChI is InChI=1S/C8H9N3O6/c12-3-4-5(13)6(14)7(17-4)10-2-1-9-8(10)11(15)16/h1-2,4,6-7,12,14H,3H2/t4-,6-,7?/m1/s1. The Morgan fingerprint density at radius 3 is 2.88 bits per heavy atom. The van der Waals surface area contributed by atoms with Crippen molar-refractivity contribution >= 4 is 11.7 Å². The van der Waals surface area contributed by atoms with E-state index in [2.05, 4.69) is 4.98 Å². The van der Waals surface area contributed by atoms with Gasteiger partial charge in [0.15, 0.2) is 11.9 Å². The second-order valence-corrected chi connectivity index (χ2v) is 3.44. The maximum atomic E-state index is 11.4. The SMILES string of the molecule is O=C1[C@@H](O)C(n2ccnc2[N+](=O)[O-])O[C@@H]1CO. The van der Waals surface area contributed by atoms with Crippen molar-refractivity contribution in [2.75, 3.05) is 6.61 Å². The third kappa shape index (κ3) is 1.79. The van der Waals surface area contributed by atoms with E-state index in [0.717, 1.165) is 10.8 Å². The average Bonchev–Trinajstić information content (AvgIpc) is 2.86. The molecule has 0 saturated carbocycles. The van der Waals surface area contributed by atoms with Crippen LogP contribution >= 0.6 is 0 Å². The number of imidazole rings is 1. The molecule has 0 aromatic carbocycles. The van der Waals surface area contributed by atoms with E-state index in [1.165, 1.54) is 6.20 Å². The van der Waals surface area contributed by atoms with Crippen molar-refractivity contribution in [3.63, 3.8) is 0 Å². The number of carbonyl (C=O) groups excluding carboxylic acids is 1. The Bertz CT molecular complexity index is 458. The predicted octanol–water partition coefficient (Wildman–Crippen LogP) is -1.39. The number of ether oxygens (including phenoxy) is 1. The summed E-state index contributed by atoms with van der Waals surface area (Å²) >= 11 is 0. The molecule has 1 aliphatic heterocycles. The van der Waals surface area contributed by atoms with Crippen LogP contribution in [0, 0.1) is 10.1 Å². The molecule has 0 radical (unpaired) electrons. The molecule has 1 aliphatic rings. The van der Waals surface area contributed by atoms with Crippen molar-refractivity contribution in [1.82, 2.24) is 9.55 Å². The van der Waals surface area contributed by atoms with Gasteiger partial charge in [-0.1, -0.05) is 4.98 Å². The summed E-state index contributed by atoms with van der Waals surface area (Å²) in [6.45, 7) is -0.588. The monoisotopic (exact) mass is 243 g/mol. The number of nitrogens with zero attached hydrogens (tertiary/aromatic N) is 3. The first-order valence-electron chi connectivity index (χ1n) is 4.71. The molecular formula is C8H9N3O6. The fourth-order valence-corrected chi connectivity index (χ4v) is 1.64.